The molecule has 0 aliphatic carbocycles. The molecular formula is C12H16FNO3. The monoisotopic (exact) mass is 241 g/mol. The number of carbonyl (C=O) groups is 1. The predicted octanol–water partition coefficient (Wildman–Crippen LogP) is 1.37. The largest absolute Gasteiger partial charge is 0.507 e. The zero-order valence-corrected chi connectivity index (χ0v) is 9.85. The third kappa shape index (κ3) is 3.71. The van der Waals surface area contributed by atoms with Gasteiger partial charge >= 0.3 is 0 Å². The van der Waals surface area contributed by atoms with Crippen LogP contribution in [0.3, 0.4) is 0 Å². The highest BCUT2D eigenvalue weighted by molar-refractivity contribution is 5.96. The van der Waals surface area contributed by atoms with Gasteiger partial charge in [-0.1, -0.05) is 0 Å². The molecule has 2 N–H and O–H groups in total. The Hall–Kier alpha value is -1.62. The fraction of sp³-hybridized carbons (Fsp3) is 0.417. The maximum absolute atomic E-state index is 12.7. The number of hydrogen-bond donors (Lipinski definition) is 2. The van der Waals surface area contributed by atoms with Gasteiger partial charge in [-0.3, -0.25) is 4.79 Å². The average molecular weight is 241 g/mol. The first-order valence-corrected chi connectivity index (χ1v) is 5.34. The van der Waals surface area contributed by atoms with Crippen LogP contribution in [0.25, 0.3) is 0 Å². The smallest absolute Gasteiger partial charge is 0.257 e. The molecule has 0 spiro atoms. The van der Waals surface area contributed by atoms with E-state index in [1.54, 1.807) is 14.0 Å². The third-order valence-corrected chi connectivity index (χ3v) is 2.42. The van der Waals surface area contributed by atoms with Crippen molar-refractivity contribution in [3.63, 3.8) is 0 Å². The lowest BCUT2D eigenvalue weighted by atomic mass is 10.1. The van der Waals surface area contributed by atoms with Crippen molar-refractivity contribution in [1.82, 2.24) is 4.90 Å². The quantitative estimate of drug-likeness (QED) is 0.837. The van der Waals surface area contributed by atoms with E-state index in [2.05, 4.69) is 0 Å². The van der Waals surface area contributed by atoms with E-state index in [9.17, 15) is 14.3 Å². The number of aliphatic hydroxyl groups is 1. The van der Waals surface area contributed by atoms with E-state index in [0.717, 1.165) is 12.1 Å². The average Bonchev–Trinajstić information content (AvgIpc) is 2.25. The molecule has 1 rings (SSSR count). The van der Waals surface area contributed by atoms with E-state index in [1.165, 1.54) is 11.0 Å². The fourth-order valence-corrected chi connectivity index (χ4v) is 1.37. The van der Waals surface area contributed by atoms with Crippen LogP contribution < -0.4 is 0 Å². The number of halogens is 1. The second-order valence-electron chi connectivity index (χ2n) is 4.03. The Bertz CT molecular complexity index is 407. The van der Waals surface area contributed by atoms with Crippen LogP contribution in [0.1, 0.15) is 23.7 Å². The minimum atomic E-state index is -0.592. The molecule has 94 valence electrons. The van der Waals surface area contributed by atoms with Crippen molar-refractivity contribution in [3.05, 3.63) is 29.6 Å². The molecule has 0 radical (unpaired) electrons. The molecule has 1 atom stereocenters. The SMILES string of the molecule is CC(O)CCN(C)C(=O)c1ccc(F)cc1O. The van der Waals surface area contributed by atoms with Crippen molar-refractivity contribution >= 4 is 5.91 Å². The minimum absolute atomic E-state index is 0.0551. The summed E-state index contributed by atoms with van der Waals surface area (Å²) in [6.07, 6.45) is -0.0449. The fourth-order valence-electron chi connectivity index (χ4n) is 1.37. The van der Waals surface area contributed by atoms with E-state index < -0.39 is 17.8 Å². The number of amides is 1. The summed E-state index contributed by atoms with van der Waals surface area (Å²) in [5, 5.41) is 18.6. The van der Waals surface area contributed by atoms with Crippen LogP contribution in [-0.2, 0) is 0 Å². The van der Waals surface area contributed by atoms with Crippen molar-refractivity contribution in [1.29, 1.82) is 0 Å². The van der Waals surface area contributed by atoms with Gasteiger partial charge in [-0.2, -0.15) is 0 Å². The predicted molar refractivity (Wildman–Crippen MR) is 61.3 cm³/mol. The molecule has 1 unspecified atom stereocenters. The molecular weight excluding hydrogens is 225 g/mol. The lowest BCUT2D eigenvalue weighted by Crippen LogP contribution is -2.29. The van der Waals surface area contributed by atoms with Crippen LogP contribution in [0.15, 0.2) is 18.2 Å². The zero-order chi connectivity index (χ0) is 13.0. The highest BCUT2D eigenvalue weighted by Gasteiger charge is 2.16. The number of phenolic OH excluding ortho intramolecular Hbond substituents is 1. The van der Waals surface area contributed by atoms with Crippen LogP contribution in [0.5, 0.6) is 5.75 Å². The van der Waals surface area contributed by atoms with Crippen molar-refractivity contribution in [2.45, 2.75) is 19.4 Å². The summed E-state index contributed by atoms with van der Waals surface area (Å²) >= 11 is 0. The molecule has 0 aliphatic heterocycles. The number of aromatic hydroxyl groups is 1. The molecule has 1 aromatic rings. The summed E-state index contributed by atoms with van der Waals surface area (Å²) in [6, 6.07) is 3.26. The van der Waals surface area contributed by atoms with E-state index in [1.807, 2.05) is 0 Å². The first kappa shape index (κ1) is 13.4. The molecule has 0 aliphatic rings. The number of nitrogens with zero attached hydrogens (tertiary/aromatic N) is 1. The lowest BCUT2D eigenvalue weighted by molar-refractivity contribution is 0.0766. The van der Waals surface area contributed by atoms with Gasteiger partial charge in [0.25, 0.3) is 5.91 Å². The van der Waals surface area contributed by atoms with Crippen LogP contribution in [-0.4, -0.2) is 40.7 Å². The zero-order valence-electron chi connectivity index (χ0n) is 9.85. The molecule has 1 amide bonds. The lowest BCUT2D eigenvalue weighted by Gasteiger charge is -2.18. The van der Waals surface area contributed by atoms with Gasteiger partial charge in [0.2, 0.25) is 0 Å². The molecule has 1 aromatic carbocycles. The molecule has 0 fully saturated rings. The summed E-state index contributed by atoms with van der Waals surface area (Å²) in [5.41, 5.74) is 0.0551. The van der Waals surface area contributed by atoms with Gasteiger partial charge in [0.05, 0.1) is 11.7 Å². The van der Waals surface area contributed by atoms with Crippen LogP contribution in [0, 0.1) is 5.82 Å². The van der Waals surface area contributed by atoms with Crippen molar-refractivity contribution < 1.29 is 19.4 Å². The highest BCUT2D eigenvalue weighted by Crippen LogP contribution is 2.19. The molecule has 0 saturated carbocycles. The summed E-state index contributed by atoms with van der Waals surface area (Å²) in [5.74, 6) is -1.37. The Kier molecular flexibility index (Phi) is 4.45. The normalized spacial score (nSPS) is 12.2. The maximum atomic E-state index is 12.7. The Balaban J connectivity index is 2.75. The molecule has 0 aromatic heterocycles. The molecule has 5 heteroatoms. The topological polar surface area (TPSA) is 60.8 Å². The molecule has 0 bridgehead atoms. The van der Waals surface area contributed by atoms with E-state index >= 15 is 0 Å². The van der Waals surface area contributed by atoms with E-state index in [-0.39, 0.29) is 11.3 Å². The van der Waals surface area contributed by atoms with Crippen LogP contribution in [0.2, 0.25) is 0 Å². The first-order valence-electron chi connectivity index (χ1n) is 5.34. The van der Waals surface area contributed by atoms with Gasteiger partial charge in [-0.25, -0.2) is 4.39 Å². The first-order chi connectivity index (χ1) is 7.91. The highest BCUT2D eigenvalue weighted by atomic mass is 19.1. The second kappa shape index (κ2) is 5.63. The molecule has 4 nitrogen and oxygen atoms in total. The summed E-state index contributed by atoms with van der Waals surface area (Å²) in [4.78, 5) is 13.2. The number of hydrogen-bond acceptors (Lipinski definition) is 3. The summed E-state index contributed by atoms with van der Waals surface area (Å²) in [7, 11) is 1.56. The van der Waals surface area contributed by atoms with Gasteiger partial charge in [0, 0.05) is 19.7 Å². The molecule has 17 heavy (non-hydrogen) atoms. The molecule has 0 saturated heterocycles. The standard InChI is InChI=1S/C12H16FNO3/c1-8(15)5-6-14(2)12(17)10-4-3-9(13)7-11(10)16/h3-4,7-8,15-16H,5-6H2,1-2H3. The van der Waals surface area contributed by atoms with Gasteiger partial charge in [0.15, 0.2) is 0 Å². The van der Waals surface area contributed by atoms with Gasteiger partial charge in [-0.05, 0) is 25.5 Å². The van der Waals surface area contributed by atoms with Gasteiger partial charge in [-0.15, -0.1) is 0 Å². The summed E-state index contributed by atoms with van der Waals surface area (Å²) < 4.78 is 12.7. The van der Waals surface area contributed by atoms with Crippen molar-refractivity contribution in [2.24, 2.45) is 0 Å². The Morgan fingerprint density at radius 3 is 2.71 bits per heavy atom. The van der Waals surface area contributed by atoms with Crippen molar-refractivity contribution in [2.75, 3.05) is 13.6 Å². The number of aliphatic hydroxyl groups excluding tert-OH is 1. The Labute approximate surface area is 99.3 Å². The third-order valence-electron chi connectivity index (χ3n) is 2.42. The summed E-state index contributed by atoms with van der Waals surface area (Å²) in [6.45, 7) is 2.00. The van der Waals surface area contributed by atoms with Crippen LogP contribution >= 0.6 is 0 Å². The minimum Gasteiger partial charge on any atom is -0.507 e. The van der Waals surface area contributed by atoms with Gasteiger partial charge < -0.3 is 15.1 Å². The molecule has 0 heterocycles. The van der Waals surface area contributed by atoms with Gasteiger partial charge in [0.1, 0.15) is 11.6 Å². The van der Waals surface area contributed by atoms with E-state index in [4.69, 9.17) is 5.11 Å². The number of rotatable bonds is 4. The Morgan fingerprint density at radius 2 is 2.18 bits per heavy atom. The second-order valence-corrected chi connectivity index (χ2v) is 4.03. The number of benzene rings is 1. The maximum Gasteiger partial charge on any atom is 0.257 e. The van der Waals surface area contributed by atoms with Crippen molar-refractivity contribution in [3.8, 4) is 5.75 Å². The Morgan fingerprint density at radius 1 is 1.53 bits per heavy atom. The number of carbonyl (C=O) groups excluding carboxylic acids is 1. The van der Waals surface area contributed by atoms with Crippen LogP contribution in [0.4, 0.5) is 4.39 Å². The van der Waals surface area contributed by atoms with E-state index in [0.29, 0.717) is 13.0 Å². The number of phenols is 1.